The first kappa shape index (κ1) is 14.8. The number of hydrogen-bond donors (Lipinski definition) is 1. The molecule has 1 amide bonds. The summed E-state index contributed by atoms with van der Waals surface area (Å²) < 4.78 is 5.22. The van der Waals surface area contributed by atoms with Crippen LogP contribution in [0.5, 0.6) is 0 Å². The highest BCUT2D eigenvalue weighted by Crippen LogP contribution is 2.29. The molecule has 4 heteroatoms. The number of carbonyl (C=O) groups is 1. The Hall–Kier alpha value is -1.28. The van der Waals surface area contributed by atoms with E-state index in [9.17, 15) is 9.59 Å². The van der Waals surface area contributed by atoms with Crippen LogP contribution < -0.4 is 5.32 Å². The molecule has 1 fully saturated rings. The molecule has 0 aliphatic heterocycles. The van der Waals surface area contributed by atoms with Gasteiger partial charge in [-0.15, -0.1) is 0 Å². The number of allylic oxidation sites excluding steroid dienone is 1. The van der Waals surface area contributed by atoms with Gasteiger partial charge >= 0.3 is 6.09 Å². The highest BCUT2D eigenvalue weighted by molar-refractivity contribution is 5.68. The van der Waals surface area contributed by atoms with Crippen LogP contribution in [0.4, 0.5) is 4.79 Å². The van der Waals surface area contributed by atoms with Gasteiger partial charge in [0.1, 0.15) is 5.94 Å². The van der Waals surface area contributed by atoms with Crippen molar-refractivity contribution in [2.45, 2.75) is 52.0 Å². The molecular weight excluding hydrogens is 230 g/mol. The molecule has 0 saturated heterocycles. The monoisotopic (exact) mass is 253 g/mol. The third kappa shape index (κ3) is 5.87. The summed E-state index contributed by atoms with van der Waals surface area (Å²) in [4.78, 5) is 21.7. The molecule has 1 aliphatic rings. The molecular formula is C14H23NO3. The van der Waals surface area contributed by atoms with Crippen molar-refractivity contribution in [3.8, 4) is 0 Å². The van der Waals surface area contributed by atoms with E-state index in [0.29, 0.717) is 18.4 Å². The van der Waals surface area contributed by atoms with Crippen molar-refractivity contribution in [3.63, 3.8) is 0 Å². The SMILES string of the molecule is CC(C)(C)NC(=O)OCC1CCC(C=C=O)CC1. The topological polar surface area (TPSA) is 55.4 Å². The molecule has 0 spiro atoms. The first-order valence-electron chi connectivity index (χ1n) is 6.56. The number of alkyl carbamates (subject to hydrolysis) is 1. The Morgan fingerprint density at radius 1 is 1.33 bits per heavy atom. The number of hydrogen-bond acceptors (Lipinski definition) is 3. The second-order valence-electron chi connectivity index (χ2n) is 6.04. The van der Waals surface area contributed by atoms with Crippen LogP contribution in [0.3, 0.4) is 0 Å². The fourth-order valence-electron chi connectivity index (χ4n) is 2.15. The summed E-state index contributed by atoms with van der Waals surface area (Å²) in [7, 11) is 0. The zero-order chi connectivity index (χ0) is 13.6. The van der Waals surface area contributed by atoms with Crippen LogP contribution in [0.15, 0.2) is 6.08 Å². The second-order valence-corrected chi connectivity index (χ2v) is 6.04. The van der Waals surface area contributed by atoms with Crippen molar-refractivity contribution in [2.75, 3.05) is 6.61 Å². The van der Waals surface area contributed by atoms with E-state index < -0.39 is 0 Å². The quantitative estimate of drug-likeness (QED) is 0.787. The molecule has 0 aromatic heterocycles. The zero-order valence-corrected chi connectivity index (χ0v) is 11.5. The molecule has 0 radical (unpaired) electrons. The molecule has 0 aromatic rings. The molecule has 4 nitrogen and oxygen atoms in total. The Morgan fingerprint density at radius 2 is 1.94 bits per heavy atom. The fraction of sp³-hybridized carbons (Fsp3) is 0.786. The average Bonchev–Trinajstić information content (AvgIpc) is 2.26. The van der Waals surface area contributed by atoms with Gasteiger partial charge in [0.2, 0.25) is 0 Å². The van der Waals surface area contributed by atoms with Gasteiger partial charge in [0.15, 0.2) is 0 Å². The Kier molecular flexibility index (Phi) is 5.42. The van der Waals surface area contributed by atoms with Gasteiger partial charge in [-0.25, -0.2) is 9.59 Å². The number of amides is 1. The van der Waals surface area contributed by atoms with E-state index in [2.05, 4.69) is 5.32 Å². The lowest BCUT2D eigenvalue weighted by Crippen LogP contribution is -2.41. The van der Waals surface area contributed by atoms with Gasteiger partial charge in [-0.05, 0) is 58.3 Å². The zero-order valence-electron chi connectivity index (χ0n) is 11.5. The molecule has 0 atom stereocenters. The maximum atomic E-state index is 11.5. The smallest absolute Gasteiger partial charge is 0.407 e. The Bertz CT molecular complexity index is 318. The van der Waals surface area contributed by atoms with E-state index in [1.54, 1.807) is 6.08 Å². The van der Waals surface area contributed by atoms with Gasteiger partial charge in [-0.1, -0.05) is 0 Å². The van der Waals surface area contributed by atoms with Gasteiger partial charge in [0.25, 0.3) is 0 Å². The lowest BCUT2D eigenvalue weighted by atomic mass is 9.82. The minimum absolute atomic E-state index is 0.260. The largest absolute Gasteiger partial charge is 0.449 e. The summed E-state index contributed by atoms with van der Waals surface area (Å²) in [5.74, 6) is 2.64. The number of rotatable bonds is 3. The van der Waals surface area contributed by atoms with Gasteiger partial charge < -0.3 is 10.1 Å². The van der Waals surface area contributed by atoms with Gasteiger partial charge in [-0.3, -0.25) is 0 Å². The van der Waals surface area contributed by atoms with Crippen LogP contribution >= 0.6 is 0 Å². The van der Waals surface area contributed by atoms with Crippen LogP contribution in [-0.4, -0.2) is 24.2 Å². The van der Waals surface area contributed by atoms with Crippen molar-refractivity contribution in [1.82, 2.24) is 5.32 Å². The van der Waals surface area contributed by atoms with Crippen LogP contribution in [0, 0.1) is 11.8 Å². The number of ether oxygens (including phenoxy) is 1. The lowest BCUT2D eigenvalue weighted by Gasteiger charge is -2.26. The minimum atomic E-state index is -0.350. The minimum Gasteiger partial charge on any atom is -0.449 e. The number of nitrogens with one attached hydrogen (secondary N) is 1. The third-order valence-electron chi connectivity index (χ3n) is 3.12. The standard InChI is InChI=1S/C14H23NO3/c1-14(2,3)15-13(17)18-10-12-6-4-11(5-7-12)8-9-16/h8,11-12H,4-7,10H2,1-3H3,(H,15,17). The van der Waals surface area contributed by atoms with Crippen LogP contribution in [0.1, 0.15) is 46.5 Å². The number of carbonyl (C=O) groups excluding carboxylic acids is 2. The predicted molar refractivity (Wildman–Crippen MR) is 69.9 cm³/mol. The van der Waals surface area contributed by atoms with Crippen molar-refractivity contribution >= 4 is 12.0 Å². The Labute approximate surface area is 109 Å². The Balaban J connectivity index is 2.22. The van der Waals surface area contributed by atoms with E-state index in [1.807, 2.05) is 26.7 Å². The van der Waals surface area contributed by atoms with Crippen molar-refractivity contribution in [3.05, 3.63) is 6.08 Å². The van der Waals surface area contributed by atoms with Gasteiger partial charge in [-0.2, -0.15) is 0 Å². The highest BCUT2D eigenvalue weighted by Gasteiger charge is 2.22. The maximum Gasteiger partial charge on any atom is 0.407 e. The van der Waals surface area contributed by atoms with E-state index in [4.69, 9.17) is 4.74 Å². The molecule has 0 unspecified atom stereocenters. The van der Waals surface area contributed by atoms with E-state index in [-0.39, 0.29) is 11.6 Å². The summed E-state index contributed by atoms with van der Waals surface area (Å²) in [6.45, 7) is 6.24. The van der Waals surface area contributed by atoms with Crippen LogP contribution in [-0.2, 0) is 9.53 Å². The van der Waals surface area contributed by atoms with Crippen molar-refractivity contribution in [1.29, 1.82) is 0 Å². The lowest BCUT2D eigenvalue weighted by molar-refractivity contribution is 0.106. The molecule has 0 bridgehead atoms. The normalized spacial score (nSPS) is 23.9. The van der Waals surface area contributed by atoms with Gasteiger partial charge in [0, 0.05) is 11.6 Å². The summed E-state index contributed by atoms with van der Waals surface area (Å²) in [5.41, 5.74) is -0.260. The molecule has 102 valence electrons. The molecule has 1 saturated carbocycles. The van der Waals surface area contributed by atoms with Crippen molar-refractivity contribution in [2.24, 2.45) is 11.8 Å². The second kappa shape index (κ2) is 6.60. The summed E-state index contributed by atoms with van der Waals surface area (Å²) >= 11 is 0. The maximum absolute atomic E-state index is 11.5. The average molecular weight is 253 g/mol. The summed E-state index contributed by atoms with van der Waals surface area (Å²) in [6, 6.07) is 0. The third-order valence-corrected chi connectivity index (χ3v) is 3.12. The molecule has 18 heavy (non-hydrogen) atoms. The summed E-state index contributed by atoms with van der Waals surface area (Å²) in [5, 5.41) is 2.77. The first-order chi connectivity index (χ1) is 8.40. The molecule has 0 heterocycles. The predicted octanol–water partition coefficient (Wildman–Crippen LogP) is 2.71. The van der Waals surface area contributed by atoms with E-state index in [1.165, 1.54) is 0 Å². The Morgan fingerprint density at radius 3 is 2.44 bits per heavy atom. The van der Waals surface area contributed by atoms with E-state index in [0.717, 1.165) is 25.7 Å². The molecule has 1 aliphatic carbocycles. The van der Waals surface area contributed by atoms with Crippen LogP contribution in [0.25, 0.3) is 0 Å². The first-order valence-corrected chi connectivity index (χ1v) is 6.56. The van der Waals surface area contributed by atoms with E-state index >= 15 is 0 Å². The van der Waals surface area contributed by atoms with Gasteiger partial charge in [0.05, 0.1) is 6.61 Å². The summed E-state index contributed by atoms with van der Waals surface area (Å²) in [6.07, 6.45) is 5.26. The highest BCUT2D eigenvalue weighted by atomic mass is 16.5. The fourth-order valence-corrected chi connectivity index (χ4v) is 2.15. The molecule has 0 aromatic carbocycles. The van der Waals surface area contributed by atoms with Crippen LogP contribution in [0.2, 0.25) is 0 Å². The van der Waals surface area contributed by atoms with Crippen molar-refractivity contribution < 1.29 is 14.3 Å². The molecule has 1 rings (SSSR count). The molecule has 1 N–H and O–H groups in total.